The van der Waals surface area contributed by atoms with Crippen LogP contribution in [-0.4, -0.2) is 26.6 Å². The molecule has 2 rings (SSSR count). The number of benzene rings is 2. The Kier molecular flexibility index (Phi) is 5.91. The first-order valence-corrected chi connectivity index (χ1v) is 9.49. The lowest BCUT2D eigenvalue weighted by atomic mass is 10.1. The zero-order valence-electron chi connectivity index (χ0n) is 14.0. The van der Waals surface area contributed by atoms with Crippen molar-refractivity contribution in [3.8, 4) is 0 Å². The molecule has 140 valence electrons. The van der Waals surface area contributed by atoms with Crippen LogP contribution in [0.1, 0.15) is 13.3 Å². The number of amides is 1. The Morgan fingerprint density at radius 2 is 1.69 bits per heavy atom. The van der Waals surface area contributed by atoms with Crippen LogP contribution in [-0.2, 0) is 14.8 Å². The second kappa shape index (κ2) is 7.77. The van der Waals surface area contributed by atoms with Crippen molar-refractivity contribution in [2.24, 2.45) is 0 Å². The van der Waals surface area contributed by atoms with E-state index in [0.717, 1.165) is 40.9 Å². The van der Waals surface area contributed by atoms with Gasteiger partial charge < -0.3 is 5.32 Å². The Labute approximate surface area is 149 Å². The molecule has 9 heteroatoms. The van der Waals surface area contributed by atoms with E-state index in [9.17, 15) is 26.4 Å². The standard InChI is InChI=1S/C17H17F3N2O3S/c1-3-16(17(23)21-12-6-9-14(19)15(20)10-12)22(26(2,24)25)13-7-4-11(18)5-8-13/h4-10,16H,3H2,1-2H3,(H,21,23). The maximum absolute atomic E-state index is 13.3. The number of hydrogen-bond acceptors (Lipinski definition) is 3. The predicted molar refractivity (Wildman–Crippen MR) is 92.8 cm³/mol. The van der Waals surface area contributed by atoms with Crippen molar-refractivity contribution < 1.29 is 26.4 Å². The zero-order valence-corrected chi connectivity index (χ0v) is 14.9. The van der Waals surface area contributed by atoms with Gasteiger partial charge in [-0.15, -0.1) is 0 Å². The van der Waals surface area contributed by atoms with Gasteiger partial charge in [0.25, 0.3) is 0 Å². The molecule has 0 saturated heterocycles. The van der Waals surface area contributed by atoms with Crippen molar-refractivity contribution in [2.75, 3.05) is 15.9 Å². The molecule has 5 nitrogen and oxygen atoms in total. The number of carbonyl (C=O) groups excluding carboxylic acids is 1. The second-order valence-corrected chi connectivity index (χ2v) is 7.44. The summed E-state index contributed by atoms with van der Waals surface area (Å²) in [6.07, 6.45) is 1.02. The topological polar surface area (TPSA) is 66.5 Å². The van der Waals surface area contributed by atoms with Gasteiger partial charge in [0, 0.05) is 11.8 Å². The fraction of sp³-hybridized carbons (Fsp3) is 0.235. The third kappa shape index (κ3) is 4.54. The average molecular weight is 386 g/mol. The highest BCUT2D eigenvalue weighted by Crippen LogP contribution is 2.24. The summed E-state index contributed by atoms with van der Waals surface area (Å²) in [5.74, 6) is -3.50. The fourth-order valence-electron chi connectivity index (χ4n) is 2.45. The summed E-state index contributed by atoms with van der Waals surface area (Å²) in [6.45, 7) is 1.59. The molecular formula is C17H17F3N2O3S. The molecule has 0 saturated carbocycles. The number of nitrogens with zero attached hydrogens (tertiary/aromatic N) is 1. The predicted octanol–water partition coefficient (Wildman–Crippen LogP) is 3.29. The third-order valence-corrected chi connectivity index (χ3v) is 4.78. The Morgan fingerprint density at radius 3 is 2.19 bits per heavy atom. The lowest BCUT2D eigenvalue weighted by Crippen LogP contribution is -2.47. The fourth-order valence-corrected chi connectivity index (χ4v) is 3.66. The van der Waals surface area contributed by atoms with Crippen LogP contribution in [0.2, 0.25) is 0 Å². The highest BCUT2D eigenvalue weighted by atomic mass is 32.2. The molecule has 0 spiro atoms. The molecule has 26 heavy (non-hydrogen) atoms. The Hall–Kier alpha value is -2.55. The van der Waals surface area contributed by atoms with Gasteiger partial charge in [0.2, 0.25) is 15.9 Å². The molecule has 0 aromatic heterocycles. The molecule has 0 bridgehead atoms. The molecule has 1 amide bonds. The Morgan fingerprint density at radius 1 is 1.08 bits per heavy atom. The number of anilines is 2. The molecular weight excluding hydrogens is 369 g/mol. The minimum absolute atomic E-state index is 0.0140. The number of nitrogens with one attached hydrogen (secondary N) is 1. The molecule has 0 radical (unpaired) electrons. The van der Waals surface area contributed by atoms with E-state index in [2.05, 4.69) is 5.32 Å². The third-order valence-electron chi connectivity index (χ3n) is 3.60. The van der Waals surface area contributed by atoms with Gasteiger partial charge in [-0.1, -0.05) is 6.92 Å². The molecule has 1 unspecified atom stereocenters. The van der Waals surface area contributed by atoms with Gasteiger partial charge in [-0.3, -0.25) is 9.10 Å². The van der Waals surface area contributed by atoms with Crippen LogP contribution >= 0.6 is 0 Å². The lowest BCUT2D eigenvalue weighted by molar-refractivity contribution is -0.117. The van der Waals surface area contributed by atoms with Crippen LogP contribution < -0.4 is 9.62 Å². The monoisotopic (exact) mass is 386 g/mol. The van der Waals surface area contributed by atoms with Crippen LogP contribution in [0.15, 0.2) is 42.5 Å². The van der Waals surface area contributed by atoms with Crippen molar-refractivity contribution in [2.45, 2.75) is 19.4 Å². The van der Waals surface area contributed by atoms with Gasteiger partial charge in [-0.25, -0.2) is 21.6 Å². The first kappa shape index (κ1) is 19.8. The molecule has 0 aliphatic carbocycles. The van der Waals surface area contributed by atoms with Crippen LogP contribution in [0, 0.1) is 17.5 Å². The van der Waals surface area contributed by atoms with E-state index in [1.807, 2.05) is 0 Å². The van der Waals surface area contributed by atoms with Crippen molar-refractivity contribution in [1.29, 1.82) is 0 Å². The summed E-state index contributed by atoms with van der Waals surface area (Å²) in [6, 6.07) is 6.27. The van der Waals surface area contributed by atoms with Crippen molar-refractivity contribution in [1.82, 2.24) is 0 Å². The quantitative estimate of drug-likeness (QED) is 0.829. The highest BCUT2D eigenvalue weighted by Gasteiger charge is 2.31. The minimum Gasteiger partial charge on any atom is -0.324 e. The number of carbonyl (C=O) groups is 1. The Balaban J connectivity index is 2.36. The van der Waals surface area contributed by atoms with Crippen molar-refractivity contribution in [3.63, 3.8) is 0 Å². The number of rotatable bonds is 6. The summed E-state index contributed by atoms with van der Waals surface area (Å²) < 4.78 is 64.7. The largest absolute Gasteiger partial charge is 0.324 e. The number of hydrogen-bond donors (Lipinski definition) is 1. The van der Waals surface area contributed by atoms with E-state index in [1.54, 1.807) is 6.92 Å². The zero-order chi connectivity index (χ0) is 19.5. The lowest BCUT2D eigenvalue weighted by Gasteiger charge is -2.30. The first-order chi connectivity index (χ1) is 12.1. The first-order valence-electron chi connectivity index (χ1n) is 7.64. The molecule has 2 aromatic rings. The van der Waals surface area contributed by atoms with Gasteiger partial charge in [-0.2, -0.15) is 0 Å². The van der Waals surface area contributed by atoms with Gasteiger partial charge in [-0.05, 0) is 42.8 Å². The van der Waals surface area contributed by atoms with Gasteiger partial charge in [0.05, 0.1) is 11.9 Å². The van der Waals surface area contributed by atoms with Gasteiger partial charge in [0.1, 0.15) is 11.9 Å². The molecule has 2 aromatic carbocycles. The summed E-state index contributed by atoms with van der Waals surface area (Å²) in [4.78, 5) is 12.6. The van der Waals surface area contributed by atoms with Crippen LogP contribution in [0.4, 0.5) is 24.5 Å². The SMILES string of the molecule is CCC(C(=O)Nc1ccc(F)c(F)c1)N(c1ccc(F)cc1)S(C)(=O)=O. The van der Waals surface area contributed by atoms with E-state index in [-0.39, 0.29) is 17.8 Å². The van der Waals surface area contributed by atoms with Crippen LogP contribution in [0.3, 0.4) is 0 Å². The smallest absolute Gasteiger partial charge is 0.248 e. The van der Waals surface area contributed by atoms with Crippen LogP contribution in [0.25, 0.3) is 0 Å². The van der Waals surface area contributed by atoms with E-state index < -0.39 is 39.4 Å². The van der Waals surface area contributed by atoms with E-state index in [0.29, 0.717) is 0 Å². The molecule has 0 fully saturated rings. The number of sulfonamides is 1. The van der Waals surface area contributed by atoms with Gasteiger partial charge in [0.15, 0.2) is 11.6 Å². The van der Waals surface area contributed by atoms with Crippen molar-refractivity contribution in [3.05, 3.63) is 59.9 Å². The maximum atomic E-state index is 13.3. The van der Waals surface area contributed by atoms with Gasteiger partial charge >= 0.3 is 0 Å². The van der Waals surface area contributed by atoms with Crippen LogP contribution in [0.5, 0.6) is 0 Å². The summed E-state index contributed by atoms with van der Waals surface area (Å²) in [5, 5.41) is 2.37. The average Bonchev–Trinajstić information content (AvgIpc) is 2.56. The molecule has 0 heterocycles. The summed E-state index contributed by atoms with van der Waals surface area (Å²) in [5.41, 5.74) is 0.0982. The van der Waals surface area contributed by atoms with E-state index >= 15 is 0 Å². The molecule has 1 atom stereocenters. The number of halogens is 3. The summed E-state index contributed by atoms with van der Waals surface area (Å²) in [7, 11) is -3.88. The highest BCUT2D eigenvalue weighted by molar-refractivity contribution is 7.92. The van der Waals surface area contributed by atoms with E-state index in [4.69, 9.17) is 0 Å². The Bertz CT molecular complexity index is 902. The molecule has 1 N–H and O–H groups in total. The second-order valence-electron chi connectivity index (χ2n) is 5.58. The molecule has 0 aliphatic rings. The van der Waals surface area contributed by atoms with Crippen molar-refractivity contribution >= 4 is 27.3 Å². The minimum atomic E-state index is -3.88. The molecule has 0 aliphatic heterocycles. The summed E-state index contributed by atoms with van der Waals surface area (Å²) >= 11 is 0. The normalized spacial score (nSPS) is 12.5. The maximum Gasteiger partial charge on any atom is 0.248 e. The van der Waals surface area contributed by atoms with E-state index in [1.165, 1.54) is 12.1 Å².